The Morgan fingerprint density at radius 1 is 1.40 bits per heavy atom. The average Bonchev–Trinajstić information content (AvgIpc) is 2.85. The zero-order chi connectivity index (χ0) is 14.8. The van der Waals surface area contributed by atoms with Gasteiger partial charge in [0, 0.05) is 33.2 Å². The summed E-state index contributed by atoms with van der Waals surface area (Å²) in [6.45, 7) is -0.251. The molecular weight excluding hydrogens is 272 g/mol. The van der Waals surface area contributed by atoms with Crippen LogP contribution in [0.15, 0.2) is 6.33 Å². The van der Waals surface area contributed by atoms with E-state index in [-0.39, 0.29) is 11.7 Å². The first-order valence-electron chi connectivity index (χ1n) is 6.27. The molecule has 0 bridgehead atoms. The first-order valence-corrected chi connectivity index (χ1v) is 6.27. The summed E-state index contributed by atoms with van der Waals surface area (Å²) in [6, 6.07) is 0. The molecule has 1 aliphatic rings. The van der Waals surface area contributed by atoms with E-state index in [2.05, 4.69) is 10.1 Å². The number of halogens is 2. The van der Waals surface area contributed by atoms with Gasteiger partial charge in [-0.3, -0.25) is 9.69 Å². The van der Waals surface area contributed by atoms with Crippen molar-refractivity contribution in [2.75, 3.05) is 39.3 Å². The topological polar surface area (TPSA) is 74.5 Å². The SMILES string of the molecule is Cn1ncnc1C(=O)N1CCN(CC(F)(F)CO)CC1. The van der Waals surface area contributed by atoms with Gasteiger partial charge in [-0.2, -0.15) is 5.10 Å². The third-order valence-electron chi connectivity index (χ3n) is 3.25. The molecule has 1 saturated heterocycles. The minimum absolute atomic E-state index is 0.235. The number of nitrogens with zero attached hydrogens (tertiary/aromatic N) is 5. The Morgan fingerprint density at radius 2 is 2.05 bits per heavy atom. The van der Waals surface area contributed by atoms with Crippen molar-refractivity contribution in [1.82, 2.24) is 24.6 Å². The van der Waals surface area contributed by atoms with Gasteiger partial charge >= 0.3 is 0 Å². The van der Waals surface area contributed by atoms with Gasteiger partial charge in [-0.25, -0.2) is 18.4 Å². The lowest BCUT2D eigenvalue weighted by Gasteiger charge is -2.35. The number of carbonyl (C=O) groups excluding carboxylic acids is 1. The molecule has 1 aliphatic heterocycles. The van der Waals surface area contributed by atoms with Crippen molar-refractivity contribution in [3.63, 3.8) is 0 Å². The number of rotatable bonds is 4. The fourth-order valence-corrected chi connectivity index (χ4v) is 2.12. The highest BCUT2D eigenvalue weighted by molar-refractivity contribution is 5.90. The summed E-state index contributed by atoms with van der Waals surface area (Å²) >= 11 is 0. The van der Waals surface area contributed by atoms with Crippen LogP contribution in [0.5, 0.6) is 0 Å². The molecule has 1 aromatic heterocycles. The zero-order valence-electron chi connectivity index (χ0n) is 11.2. The van der Waals surface area contributed by atoms with Gasteiger partial charge in [-0.1, -0.05) is 0 Å². The van der Waals surface area contributed by atoms with Crippen LogP contribution in [0.3, 0.4) is 0 Å². The fourth-order valence-electron chi connectivity index (χ4n) is 2.12. The normalized spacial score (nSPS) is 17.5. The summed E-state index contributed by atoms with van der Waals surface area (Å²) in [4.78, 5) is 19.1. The summed E-state index contributed by atoms with van der Waals surface area (Å²) in [5.41, 5.74) is 0. The summed E-state index contributed by atoms with van der Waals surface area (Å²) in [7, 11) is 1.62. The predicted molar refractivity (Wildman–Crippen MR) is 65.4 cm³/mol. The molecule has 9 heteroatoms. The predicted octanol–water partition coefficient (Wildman–Crippen LogP) is -0.799. The van der Waals surface area contributed by atoms with E-state index >= 15 is 0 Å². The quantitative estimate of drug-likeness (QED) is 0.785. The van der Waals surface area contributed by atoms with Gasteiger partial charge in [0.15, 0.2) is 0 Å². The van der Waals surface area contributed by atoms with Crippen molar-refractivity contribution in [2.24, 2.45) is 7.05 Å². The van der Waals surface area contributed by atoms with Crippen LogP contribution in [0.1, 0.15) is 10.6 Å². The Balaban J connectivity index is 1.89. The molecule has 0 aliphatic carbocycles. The molecule has 1 amide bonds. The maximum absolute atomic E-state index is 13.1. The molecule has 1 fully saturated rings. The average molecular weight is 289 g/mol. The Morgan fingerprint density at radius 3 is 2.55 bits per heavy atom. The van der Waals surface area contributed by atoms with E-state index in [1.165, 1.54) is 15.9 Å². The summed E-state index contributed by atoms with van der Waals surface area (Å²) in [5.74, 6) is -3.12. The highest BCUT2D eigenvalue weighted by atomic mass is 19.3. The lowest BCUT2D eigenvalue weighted by molar-refractivity contribution is -0.0773. The first kappa shape index (κ1) is 14.8. The van der Waals surface area contributed by atoms with E-state index < -0.39 is 19.1 Å². The second kappa shape index (κ2) is 5.80. The molecule has 7 nitrogen and oxygen atoms in total. The summed E-state index contributed by atoms with van der Waals surface area (Å²) in [5, 5.41) is 12.4. The van der Waals surface area contributed by atoms with Gasteiger partial charge in [0.25, 0.3) is 11.8 Å². The van der Waals surface area contributed by atoms with Crippen molar-refractivity contribution in [3.05, 3.63) is 12.2 Å². The molecule has 1 N–H and O–H groups in total. The van der Waals surface area contributed by atoms with Crippen LogP contribution in [0.4, 0.5) is 8.78 Å². The number of piperazine rings is 1. The number of hydrogen-bond donors (Lipinski definition) is 1. The zero-order valence-corrected chi connectivity index (χ0v) is 11.2. The Labute approximate surface area is 114 Å². The van der Waals surface area contributed by atoms with Crippen LogP contribution in [0.25, 0.3) is 0 Å². The maximum Gasteiger partial charge on any atom is 0.291 e. The van der Waals surface area contributed by atoms with Crippen LogP contribution >= 0.6 is 0 Å². The Bertz CT molecular complexity index is 471. The molecule has 2 rings (SSSR count). The number of aromatic nitrogens is 3. The second-order valence-corrected chi connectivity index (χ2v) is 4.79. The number of amides is 1. The lowest BCUT2D eigenvalue weighted by atomic mass is 10.2. The van der Waals surface area contributed by atoms with Gasteiger partial charge in [0.2, 0.25) is 5.82 Å². The smallest absolute Gasteiger partial charge is 0.291 e. The largest absolute Gasteiger partial charge is 0.390 e. The molecule has 1 aromatic rings. The van der Waals surface area contributed by atoms with E-state index in [9.17, 15) is 13.6 Å². The molecule has 0 saturated carbocycles. The van der Waals surface area contributed by atoms with E-state index in [0.29, 0.717) is 26.2 Å². The van der Waals surface area contributed by atoms with Gasteiger partial charge in [-0.05, 0) is 0 Å². The maximum atomic E-state index is 13.1. The van der Waals surface area contributed by atoms with Crippen molar-refractivity contribution in [1.29, 1.82) is 0 Å². The van der Waals surface area contributed by atoms with E-state index in [1.807, 2.05) is 0 Å². The molecule has 2 heterocycles. The Kier molecular flexibility index (Phi) is 4.29. The minimum Gasteiger partial charge on any atom is -0.390 e. The molecule has 0 aromatic carbocycles. The highest BCUT2D eigenvalue weighted by Gasteiger charge is 2.33. The second-order valence-electron chi connectivity index (χ2n) is 4.79. The number of carbonyl (C=O) groups is 1. The lowest BCUT2D eigenvalue weighted by Crippen LogP contribution is -2.52. The van der Waals surface area contributed by atoms with Crippen molar-refractivity contribution < 1.29 is 18.7 Å². The molecular formula is C11H17F2N5O2. The molecule has 0 atom stereocenters. The van der Waals surface area contributed by atoms with Gasteiger partial charge < -0.3 is 10.0 Å². The van der Waals surface area contributed by atoms with Crippen molar-refractivity contribution in [2.45, 2.75) is 5.92 Å². The minimum atomic E-state index is -3.10. The van der Waals surface area contributed by atoms with Gasteiger partial charge in [0.05, 0.1) is 6.54 Å². The number of aryl methyl sites for hydroxylation is 1. The third-order valence-corrected chi connectivity index (χ3v) is 3.25. The number of alkyl halides is 2. The molecule has 0 radical (unpaired) electrons. The molecule has 20 heavy (non-hydrogen) atoms. The molecule has 112 valence electrons. The van der Waals surface area contributed by atoms with Crippen LogP contribution in [-0.2, 0) is 7.05 Å². The third kappa shape index (κ3) is 3.28. The van der Waals surface area contributed by atoms with Crippen LogP contribution < -0.4 is 0 Å². The van der Waals surface area contributed by atoms with Crippen LogP contribution in [-0.4, -0.2) is 80.8 Å². The molecule has 0 unspecified atom stereocenters. The fraction of sp³-hybridized carbons (Fsp3) is 0.727. The summed E-state index contributed by atoms with van der Waals surface area (Å²) < 4.78 is 27.5. The first-order chi connectivity index (χ1) is 9.43. The standard InChI is InChI=1S/C11H17F2N5O2/c1-16-9(14-8-15-16)10(20)18-4-2-17(3-5-18)6-11(12,13)7-19/h8,19H,2-7H2,1H3. The summed E-state index contributed by atoms with van der Waals surface area (Å²) in [6.07, 6.45) is 1.30. The van der Waals surface area contributed by atoms with Crippen LogP contribution in [0.2, 0.25) is 0 Å². The van der Waals surface area contributed by atoms with Crippen LogP contribution in [0, 0.1) is 0 Å². The van der Waals surface area contributed by atoms with Crippen molar-refractivity contribution in [3.8, 4) is 0 Å². The highest BCUT2D eigenvalue weighted by Crippen LogP contribution is 2.16. The van der Waals surface area contributed by atoms with Gasteiger partial charge in [-0.15, -0.1) is 0 Å². The number of hydrogen-bond acceptors (Lipinski definition) is 5. The number of aliphatic hydroxyl groups excluding tert-OH is 1. The molecule has 0 spiro atoms. The van der Waals surface area contributed by atoms with Gasteiger partial charge in [0.1, 0.15) is 12.9 Å². The van der Waals surface area contributed by atoms with E-state index in [1.54, 1.807) is 11.9 Å². The van der Waals surface area contributed by atoms with Crippen molar-refractivity contribution >= 4 is 5.91 Å². The number of aliphatic hydroxyl groups is 1. The van der Waals surface area contributed by atoms with E-state index in [0.717, 1.165) is 0 Å². The van der Waals surface area contributed by atoms with E-state index in [4.69, 9.17) is 5.11 Å². The Hall–Kier alpha value is -1.61. The monoisotopic (exact) mass is 289 g/mol.